The van der Waals surface area contributed by atoms with Crippen molar-refractivity contribution >= 4 is 28.4 Å². The highest BCUT2D eigenvalue weighted by Gasteiger charge is 2.12. The van der Waals surface area contributed by atoms with Crippen molar-refractivity contribution in [2.45, 2.75) is 19.3 Å². The van der Waals surface area contributed by atoms with E-state index < -0.39 is 5.97 Å². The maximum atomic E-state index is 10.6. The van der Waals surface area contributed by atoms with Gasteiger partial charge in [-0.3, -0.25) is 4.79 Å². The molecule has 8 heteroatoms. The predicted molar refractivity (Wildman–Crippen MR) is 112 cm³/mol. The number of terminal acetylenes is 1. The molecule has 0 saturated carbocycles. The zero-order valence-electron chi connectivity index (χ0n) is 16.4. The zero-order chi connectivity index (χ0) is 21.5. The lowest BCUT2D eigenvalue weighted by atomic mass is 10.1. The molecule has 0 aliphatic carbocycles. The fourth-order valence-corrected chi connectivity index (χ4v) is 2.86. The van der Waals surface area contributed by atoms with Crippen LogP contribution in [0.4, 0.5) is 11.5 Å². The number of aliphatic carboxylic acids is 1. The third kappa shape index (κ3) is 4.89. The van der Waals surface area contributed by atoms with Crippen molar-refractivity contribution in [3.8, 4) is 29.6 Å². The number of rotatable bonds is 9. The van der Waals surface area contributed by atoms with Crippen molar-refractivity contribution < 1.29 is 24.5 Å². The van der Waals surface area contributed by atoms with E-state index in [2.05, 4.69) is 21.2 Å². The lowest BCUT2D eigenvalue weighted by molar-refractivity contribution is -0.137. The molecule has 0 radical (unpaired) electrons. The van der Waals surface area contributed by atoms with Crippen LogP contribution in [0.25, 0.3) is 10.9 Å². The standard InChI is InChI=1S/C22H21N3O5/c1-3-14-10-15(7-8-18(14)26)25-22-16-11-20(30-9-5-4-6-21(27)28)19(29-2)12-17(16)23-13-24-22/h1,7-8,10-13,26H,4-6,9H2,2H3,(H,27,28)(H,23,24,25). The molecule has 0 fully saturated rings. The Kier molecular flexibility index (Phi) is 6.55. The average molecular weight is 407 g/mol. The van der Waals surface area contributed by atoms with Gasteiger partial charge in [0, 0.05) is 23.6 Å². The fraction of sp³-hybridized carbons (Fsp3) is 0.227. The topological polar surface area (TPSA) is 114 Å². The number of hydrogen-bond donors (Lipinski definition) is 3. The van der Waals surface area contributed by atoms with Gasteiger partial charge in [-0.1, -0.05) is 5.92 Å². The van der Waals surface area contributed by atoms with Gasteiger partial charge in [0.15, 0.2) is 11.5 Å². The van der Waals surface area contributed by atoms with Crippen molar-refractivity contribution in [3.05, 3.63) is 42.2 Å². The summed E-state index contributed by atoms with van der Waals surface area (Å²) >= 11 is 0. The number of carboxylic acid groups (broad SMARTS) is 1. The maximum absolute atomic E-state index is 10.6. The molecular formula is C22H21N3O5. The molecule has 0 unspecified atom stereocenters. The summed E-state index contributed by atoms with van der Waals surface area (Å²) in [4.78, 5) is 19.2. The van der Waals surface area contributed by atoms with Crippen molar-refractivity contribution in [1.82, 2.24) is 9.97 Å². The Labute approximate surface area is 173 Å². The summed E-state index contributed by atoms with van der Waals surface area (Å²) in [5.41, 5.74) is 1.68. The van der Waals surface area contributed by atoms with E-state index in [1.54, 1.807) is 24.3 Å². The molecule has 3 N–H and O–H groups in total. The molecular weight excluding hydrogens is 386 g/mol. The number of phenolic OH excluding ortho intramolecular Hbond substituents is 1. The van der Waals surface area contributed by atoms with Crippen LogP contribution >= 0.6 is 0 Å². The van der Waals surface area contributed by atoms with E-state index in [1.165, 1.54) is 19.5 Å². The minimum absolute atomic E-state index is 0.0268. The van der Waals surface area contributed by atoms with Crippen molar-refractivity contribution in [2.75, 3.05) is 19.0 Å². The summed E-state index contributed by atoms with van der Waals surface area (Å²) < 4.78 is 11.2. The Morgan fingerprint density at radius 3 is 2.77 bits per heavy atom. The number of benzene rings is 2. The largest absolute Gasteiger partial charge is 0.507 e. The Morgan fingerprint density at radius 2 is 2.03 bits per heavy atom. The molecule has 0 spiro atoms. The Bertz CT molecular complexity index is 1110. The van der Waals surface area contributed by atoms with Gasteiger partial charge in [0.1, 0.15) is 17.9 Å². The van der Waals surface area contributed by atoms with Gasteiger partial charge in [-0.05, 0) is 37.1 Å². The van der Waals surface area contributed by atoms with Crippen LogP contribution in [0.2, 0.25) is 0 Å². The van der Waals surface area contributed by atoms with Crippen LogP contribution < -0.4 is 14.8 Å². The highest BCUT2D eigenvalue weighted by atomic mass is 16.5. The molecule has 3 aromatic rings. The first kappa shape index (κ1) is 20.7. The van der Waals surface area contributed by atoms with E-state index in [0.717, 1.165) is 0 Å². The van der Waals surface area contributed by atoms with Gasteiger partial charge in [0.25, 0.3) is 0 Å². The fourth-order valence-electron chi connectivity index (χ4n) is 2.86. The maximum Gasteiger partial charge on any atom is 0.303 e. The van der Waals surface area contributed by atoms with Gasteiger partial charge in [-0.2, -0.15) is 0 Å². The number of nitrogens with zero attached hydrogens (tertiary/aromatic N) is 2. The van der Waals surface area contributed by atoms with Crippen LogP contribution in [-0.2, 0) is 4.79 Å². The van der Waals surface area contributed by atoms with E-state index >= 15 is 0 Å². The second-order valence-electron chi connectivity index (χ2n) is 6.44. The highest BCUT2D eigenvalue weighted by molar-refractivity contribution is 5.93. The highest BCUT2D eigenvalue weighted by Crippen LogP contribution is 2.35. The van der Waals surface area contributed by atoms with Crippen molar-refractivity contribution in [2.24, 2.45) is 0 Å². The molecule has 1 heterocycles. The smallest absolute Gasteiger partial charge is 0.303 e. The predicted octanol–water partition coefficient (Wildman–Crippen LogP) is 3.70. The zero-order valence-corrected chi connectivity index (χ0v) is 16.4. The molecule has 0 saturated heterocycles. The number of methoxy groups -OCH3 is 1. The van der Waals surface area contributed by atoms with Gasteiger partial charge in [0.2, 0.25) is 0 Å². The van der Waals surface area contributed by atoms with E-state index in [1.807, 2.05) is 0 Å². The summed E-state index contributed by atoms with van der Waals surface area (Å²) in [6, 6.07) is 8.37. The van der Waals surface area contributed by atoms with E-state index in [9.17, 15) is 9.90 Å². The van der Waals surface area contributed by atoms with Crippen LogP contribution in [0.3, 0.4) is 0 Å². The third-order valence-corrected chi connectivity index (χ3v) is 4.38. The average Bonchev–Trinajstić information content (AvgIpc) is 2.74. The number of aromatic nitrogens is 2. The van der Waals surface area contributed by atoms with Crippen molar-refractivity contribution in [1.29, 1.82) is 0 Å². The second kappa shape index (κ2) is 9.47. The number of unbranched alkanes of at least 4 members (excludes halogenated alkanes) is 1. The quantitative estimate of drug-likeness (QED) is 0.279. The summed E-state index contributed by atoms with van der Waals surface area (Å²) in [5, 5.41) is 22.4. The van der Waals surface area contributed by atoms with E-state index in [-0.39, 0.29) is 12.2 Å². The molecule has 0 bridgehead atoms. The lowest BCUT2D eigenvalue weighted by Gasteiger charge is -2.14. The molecule has 8 nitrogen and oxygen atoms in total. The first-order valence-corrected chi connectivity index (χ1v) is 9.26. The number of aromatic hydroxyl groups is 1. The number of phenols is 1. The van der Waals surface area contributed by atoms with Gasteiger partial charge in [0.05, 0.1) is 24.8 Å². The first-order valence-electron chi connectivity index (χ1n) is 9.26. The first-order chi connectivity index (χ1) is 14.5. The molecule has 1 aromatic heterocycles. The number of fused-ring (bicyclic) bond motifs is 1. The number of carboxylic acids is 1. The van der Waals surface area contributed by atoms with E-state index in [4.69, 9.17) is 21.0 Å². The second-order valence-corrected chi connectivity index (χ2v) is 6.44. The molecule has 0 amide bonds. The number of nitrogens with one attached hydrogen (secondary N) is 1. The Balaban J connectivity index is 1.87. The van der Waals surface area contributed by atoms with Gasteiger partial charge < -0.3 is 25.0 Å². The molecule has 0 aliphatic heterocycles. The van der Waals surface area contributed by atoms with Gasteiger partial charge in [-0.15, -0.1) is 6.42 Å². The van der Waals surface area contributed by atoms with Crippen LogP contribution in [-0.4, -0.2) is 39.9 Å². The number of anilines is 2. The monoisotopic (exact) mass is 407 g/mol. The van der Waals surface area contributed by atoms with Crippen LogP contribution in [0.15, 0.2) is 36.7 Å². The van der Waals surface area contributed by atoms with Crippen LogP contribution in [0, 0.1) is 12.3 Å². The third-order valence-electron chi connectivity index (χ3n) is 4.38. The molecule has 0 aliphatic rings. The lowest BCUT2D eigenvalue weighted by Crippen LogP contribution is -2.02. The summed E-state index contributed by atoms with van der Waals surface area (Å²) in [6.45, 7) is 0.356. The Hall–Kier alpha value is -3.99. The Morgan fingerprint density at radius 1 is 1.20 bits per heavy atom. The minimum atomic E-state index is -0.826. The summed E-state index contributed by atoms with van der Waals surface area (Å²) in [7, 11) is 1.54. The van der Waals surface area contributed by atoms with Gasteiger partial charge in [-0.25, -0.2) is 9.97 Å². The summed E-state index contributed by atoms with van der Waals surface area (Å²) in [5.74, 6) is 3.19. The molecule has 2 aromatic carbocycles. The normalized spacial score (nSPS) is 10.4. The molecule has 30 heavy (non-hydrogen) atoms. The summed E-state index contributed by atoms with van der Waals surface area (Å²) in [6.07, 6.45) is 8.08. The van der Waals surface area contributed by atoms with Crippen LogP contribution in [0.5, 0.6) is 17.2 Å². The number of carbonyl (C=O) groups is 1. The number of hydrogen-bond acceptors (Lipinski definition) is 7. The molecule has 154 valence electrons. The van der Waals surface area contributed by atoms with Gasteiger partial charge >= 0.3 is 5.97 Å². The van der Waals surface area contributed by atoms with Crippen LogP contribution in [0.1, 0.15) is 24.8 Å². The van der Waals surface area contributed by atoms with E-state index in [0.29, 0.717) is 58.9 Å². The SMILES string of the molecule is C#Cc1cc(Nc2ncnc3cc(OC)c(OCCCCC(=O)O)cc23)ccc1O. The number of ether oxygens (including phenoxy) is 2. The molecule has 0 atom stereocenters. The minimum Gasteiger partial charge on any atom is -0.507 e. The molecule has 3 rings (SSSR count). The van der Waals surface area contributed by atoms with Crippen molar-refractivity contribution in [3.63, 3.8) is 0 Å².